The topological polar surface area (TPSA) is 9.23 Å². The van der Waals surface area contributed by atoms with Crippen molar-refractivity contribution < 1.29 is 9.13 Å². The molecule has 0 aromatic heterocycles. The SMILES string of the molecule is C=C(Br)COc1ccc(F)cc1. The van der Waals surface area contributed by atoms with Crippen LogP contribution in [-0.2, 0) is 0 Å². The molecule has 3 heteroatoms. The van der Waals surface area contributed by atoms with E-state index >= 15 is 0 Å². The number of benzene rings is 1. The van der Waals surface area contributed by atoms with E-state index in [-0.39, 0.29) is 5.82 Å². The standard InChI is InChI=1S/C9H8BrFO/c1-7(10)6-12-9-4-2-8(11)3-5-9/h2-5H,1,6H2. The van der Waals surface area contributed by atoms with Gasteiger partial charge in [0.05, 0.1) is 0 Å². The number of rotatable bonds is 3. The maximum absolute atomic E-state index is 12.4. The van der Waals surface area contributed by atoms with Gasteiger partial charge in [-0.05, 0) is 24.3 Å². The summed E-state index contributed by atoms with van der Waals surface area (Å²) in [5.41, 5.74) is 0. The summed E-state index contributed by atoms with van der Waals surface area (Å²) < 4.78 is 18.4. The van der Waals surface area contributed by atoms with Crippen molar-refractivity contribution in [1.82, 2.24) is 0 Å². The van der Waals surface area contributed by atoms with Gasteiger partial charge in [0.1, 0.15) is 18.2 Å². The molecule has 0 N–H and O–H groups in total. The number of halogens is 2. The van der Waals surface area contributed by atoms with E-state index in [1.807, 2.05) is 0 Å². The van der Waals surface area contributed by atoms with Crippen molar-refractivity contribution in [2.24, 2.45) is 0 Å². The largest absolute Gasteiger partial charge is 0.488 e. The highest BCUT2D eigenvalue weighted by atomic mass is 79.9. The first-order chi connectivity index (χ1) is 5.68. The maximum atomic E-state index is 12.4. The molecule has 0 amide bonds. The minimum absolute atomic E-state index is 0.264. The molecule has 0 unspecified atom stereocenters. The maximum Gasteiger partial charge on any atom is 0.123 e. The molecule has 1 rings (SSSR count). The quantitative estimate of drug-likeness (QED) is 0.776. The third kappa shape index (κ3) is 3.05. The second-order valence-electron chi connectivity index (χ2n) is 2.26. The molecule has 0 saturated carbocycles. The van der Waals surface area contributed by atoms with Crippen LogP contribution in [0.2, 0.25) is 0 Å². The Morgan fingerprint density at radius 2 is 2.00 bits per heavy atom. The summed E-state index contributed by atoms with van der Waals surface area (Å²) in [6, 6.07) is 5.86. The molecule has 12 heavy (non-hydrogen) atoms. The van der Waals surface area contributed by atoms with Gasteiger partial charge in [-0.15, -0.1) is 0 Å². The van der Waals surface area contributed by atoms with Crippen molar-refractivity contribution >= 4 is 15.9 Å². The molecule has 0 fully saturated rings. The van der Waals surface area contributed by atoms with Crippen LogP contribution < -0.4 is 4.74 Å². The molecule has 0 saturated heterocycles. The monoisotopic (exact) mass is 230 g/mol. The van der Waals surface area contributed by atoms with Gasteiger partial charge in [-0.3, -0.25) is 0 Å². The van der Waals surface area contributed by atoms with Crippen molar-refractivity contribution in [1.29, 1.82) is 0 Å². The van der Waals surface area contributed by atoms with E-state index in [0.717, 1.165) is 4.48 Å². The average Bonchev–Trinajstić information content (AvgIpc) is 2.03. The van der Waals surface area contributed by atoms with Gasteiger partial charge in [0.15, 0.2) is 0 Å². The molecule has 0 radical (unpaired) electrons. The van der Waals surface area contributed by atoms with E-state index < -0.39 is 0 Å². The zero-order valence-corrected chi connectivity index (χ0v) is 7.97. The summed E-state index contributed by atoms with van der Waals surface area (Å²) in [5.74, 6) is 0.372. The van der Waals surface area contributed by atoms with Crippen LogP contribution in [0.15, 0.2) is 35.3 Å². The Balaban J connectivity index is 2.53. The minimum Gasteiger partial charge on any atom is -0.488 e. The van der Waals surface area contributed by atoms with Crippen LogP contribution in [0, 0.1) is 5.82 Å². The van der Waals surface area contributed by atoms with Crippen LogP contribution in [0.5, 0.6) is 5.75 Å². The lowest BCUT2D eigenvalue weighted by atomic mass is 10.3. The first-order valence-electron chi connectivity index (χ1n) is 3.40. The van der Waals surface area contributed by atoms with E-state index in [9.17, 15) is 4.39 Å². The number of ether oxygens (including phenoxy) is 1. The molecule has 0 aliphatic heterocycles. The highest BCUT2D eigenvalue weighted by molar-refractivity contribution is 9.11. The zero-order chi connectivity index (χ0) is 8.97. The van der Waals surface area contributed by atoms with E-state index in [0.29, 0.717) is 12.4 Å². The second-order valence-corrected chi connectivity index (χ2v) is 3.38. The van der Waals surface area contributed by atoms with E-state index in [4.69, 9.17) is 4.74 Å². The van der Waals surface area contributed by atoms with Crippen LogP contribution in [0.3, 0.4) is 0 Å². The molecule has 1 aromatic carbocycles. The van der Waals surface area contributed by atoms with Gasteiger partial charge < -0.3 is 4.74 Å². The average molecular weight is 231 g/mol. The fourth-order valence-corrected chi connectivity index (χ4v) is 0.807. The molecule has 1 aromatic rings. The Labute approximate surface area is 79.0 Å². The summed E-state index contributed by atoms with van der Waals surface area (Å²) in [4.78, 5) is 0. The van der Waals surface area contributed by atoms with Crippen LogP contribution in [-0.4, -0.2) is 6.61 Å². The van der Waals surface area contributed by atoms with Gasteiger partial charge in [0.25, 0.3) is 0 Å². The first kappa shape index (κ1) is 9.26. The van der Waals surface area contributed by atoms with Crippen molar-refractivity contribution in [3.8, 4) is 5.75 Å². The van der Waals surface area contributed by atoms with Gasteiger partial charge in [-0.1, -0.05) is 22.5 Å². The predicted molar refractivity (Wildman–Crippen MR) is 50.0 cm³/mol. The predicted octanol–water partition coefficient (Wildman–Crippen LogP) is 3.11. The Bertz CT molecular complexity index is 268. The summed E-state index contributed by atoms with van der Waals surface area (Å²) in [6.07, 6.45) is 0. The van der Waals surface area contributed by atoms with E-state index in [2.05, 4.69) is 22.5 Å². The van der Waals surface area contributed by atoms with Crippen molar-refractivity contribution in [2.45, 2.75) is 0 Å². The molecule has 0 atom stereocenters. The van der Waals surface area contributed by atoms with Crippen LogP contribution in [0.4, 0.5) is 4.39 Å². The first-order valence-corrected chi connectivity index (χ1v) is 4.19. The van der Waals surface area contributed by atoms with Crippen molar-refractivity contribution in [3.05, 3.63) is 41.1 Å². The number of hydrogen-bond donors (Lipinski definition) is 0. The molecule has 0 aliphatic carbocycles. The van der Waals surface area contributed by atoms with Crippen LogP contribution in [0.1, 0.15) is 0 Å². The summed E-state index contributed by atoms with van der Waals surface area (Å²) >= 11 is 3.15. The molecule has 0 bridgehead atoms. The van der Waals surface area contributed by atoms with E-state index in [1.165, 1.54) is 12.1 Å². The molecule has 0 spiro atoms. The Morgan fingerprint density at radius 1 is 1.42 bits per heavy atom. The second kappa shape index (κ2) is 4.26. The van der Waals surface area contributed by atoms with Gasteiger partial charge in [0, 0.05) is 4.48 Å². The highest BCUT2D eigenvalue weighted by Gasteiger charge is 1.94. The van der Waals surface area contributed by atoms with Gasteiger partial charge in [0.2, 0.25) is 0 Å². The Morgan fingerprint density at radius 3 is 2.50 bits per heavy atom. The zero-order valence-electron chi connectivity index (χ0n) is 6.39. The highest BCUT2D eigenvalue weighted by Crippen LogP contribution is 2.12. The molecule has 1 nitrogen and oxygen atoms in total. The van der Waals surface area contributed by atoms with E-state index in [1.54, 1.807) is 12.1 Å². The van der Waals surface area contributed by atoms with Gasteiger partial charge in [-0.25, -0.2) is 4.39 Å². The minimum atomic E-state index is -0.264. The fraction of sp³-hybridized carbons (Fsp3) is 0.111. The molecular weight excluding hydrogens is 223 g/mol. The molecule has 0 heterocycles. The lowest BCUT2D eigenvalue weighted by molar-refractivity contribution is 0.360. The lowest BCUT2D eigenvalue weighted by Gasteiger charge is -2.03. The van der Waals surface area contributed by atoms with Gasteiger partial charge in [-0.2, -0.15) is 0 Å². The summed E-state index contributed by atoms with van der Waals surface area (Å²) in [5, 5.41) is 0. The van der Waals surface area contributed by atoms with Gasteiger partial charge >= 0.3 is 0 Å². The van der Waals surface area contributed by atoms with Crippen LogP contribution >= 0.6 is 15.9 Å². The molecular formula is C9H8BrFO. The summed E-state index contributed by atoms with van der Waals surface area (Å²) in [6.45, 7) is 4.00. The Kier molecular flexibility index (Phi) is 3.29. The molecule has 64 valence electrons. The normalized spacial score (nSPS) is 9.50. The van der Waals surface area contributed by atoms with Crippen molar-refractivity contribution in [2.75, 3.05) is 6.61 Å². The lowest BCUT2D eigenvalue weighted by Crippen LogP contribution is -1.95. The summed E-state index contributed by atoms with van der Waals surface area (Å²) in [7, 11) is 0. The third-order valence-corrected chi connectivity index (χ3v) is 1.44. The number of hydrogen-bond acceptors (Lipinski definition) is 1. The Hall–Kier alpha value is -0.830. The van der Waals surface area contributed by atoms with Crippen molar-refractivity contribution in [3.63, 3.8) is 0 Å². The smallest absolute Gasteiger partial charge is 0.123 e. The third-order valence-electron chi connectivity index (χ3n) is 1.21. The van der Waals surface area contributed by atoms with Crippen LogP contribution in [0.25, 0.3) is 0 Å². The fourth-order valence-electron chi connectivity index (χ4n) is 0.692. The molecule has 0 aliphatic rings.